The van der Waals surface area contributed by atoms with E-state index >= 15 is 0 Å². The van der Waals surface area contributed by atoms with Crippen molar-refractivity contribution < 1.29 is 9.84 Å². The van der Waals surface area contributed by atoms with Crippen molar-refractivity contribution in [2.75, 3.05) is 26.7 Å². The average molecular weight is 458 g/mol. The first-order valence-electron chi connectivity index (χ1n) is 8.21. The van der Waals surface area contributed by atoms with Crippen molar-refractivity contribution in [2.24, 2.45) is 4.99 Å². The van der Waals surface area contributed by atoms with Crippen molar-refractivity contribution in [1.82, 2.24) is 15.2 Å². The molecule has 1 aromatic heterocycles. The van der Waals surface area contributed by atoms with Crippen LogP contribution in [0.1, 0.15) is 12.5 Å². The fourth-order valence-corrected chi connectivity index (χ4v) is 2.33. The second-order valence-corrected chi connectivity index (χ2v) is 5.35. The second-order valence-electron chi connectivity index (χ2n) is 5.35. The summed E-state index contributed by atoms with van der Waals surface area (Å²) in [6.45, 7) is 5.13. The van der Waals surface area contributed by atoms with Gasteiger partial charge < -0.3 is 25.0 Å². The van der Waals surface area contributed by atoms with Gasteiger partial charge in [-0.1, -0.05) is 6.07 Å². The van der Waals surface area contributed by atoms with E-state index in [-0.39, 0.29) is 29.7 Å². The molecular formula is C18H27IN4O2. The Labute approximate surface area is 166 Å². The zero-order chi connectivity index (χ0) is 17.2. The highest BCUT2D eigenvalue weighted by molar-refractivity contribution is 14.0. The molecule has 0 spiro atoms. The van der Waals surface area contributed by atoms with E-state index in [1.54, 1.807) is 13.2 Å². The Bertz CT molecular complexity index is 645. The molecule has 0 saturated heterocycles. The molecule has 0 aliphatic rings. The van der Waals surface area contributed by atoms with Crippen LogP contribution in [-0.2, 0) is 13.0 Å². The van der Waals surface area contributed by atoms with Crippen molar-refractivity contribution in [3.8, 4) is 11.5 Å². The van der Waals surface area contributed by atoms with Crippen LogP contribution in [0.5, 0.6) is 11.5 Å². The molecule has 0 aliphatic carbocycles. The number of nitrogens with one attached hydrogen (secondary N) is 2. The minimum atomic E-state index is 0. The van der Waals surface area contributed by atoms with Crippen LogP contribution in [0.25, 0.3) is 0 Å². The Morgan fingerprint density at radius 1 is 1.24 bits per heavy atom. The third kappa shape index (κ3) is 7.25. The summed E-state index contributed by atoms with van der Waals surface area (Å²) < 4.78 is 7.21. The number of aliphatic imine (C=N–C) groups is 1. The average Bonchev–Trinajstić information content (AvgIpc) is 3.09. The molecule has 2 aromatic rings. The number of hydrogen-bond acceptors (Lipinski definition) is 3. The number of aromatic nitrogens is 1. The predicted molar refractivity (Wildman–Crippen MR) is 112 cm³/mol. The fraction of sp³-hybridized carbons (Fsp3) is 0.389. The zero-order valence-corrected chi connectivity index (χ0v) is 17.1. The molecule has 0 amide bonds. The molecule has 2 rings (SSSR count). The highest BCUT2D eigenvalue weighted by Crippen LogP contribution is 2.23. The van der Waals surface area contributed by atoms with E-state index in [0.717, 1.165) is 31.2 Å². The van der Waals surface area contributed by atoms with Crippen molar-refractivity contribution >= 4 is 29.9 Å². The number of benzene rings is 1. The van der Waals surface area contributed by atoms with Gasteiger partial charge in [0.2, 0.25) is 0 Å². The molecule has 1 heterocycles. The highest BCUT2D eigenvalue weighted by atomic mass is 127. The lowest BCUT2D eigenvalue weighted by Gasteiger charge is -2.12. The molecule has 138 valence electrons. The van der Waals surface area contributed by atoms with E-state index < -0.39 is 0 Å². The number of nitrogens with zero attached hydrogens (tertiary/aromatic N) is 2. The van der Waals surface area contributed by atoms with Gasteiger partial charge in [-0.05, 0) is 37.1 Å². The number of halogens is 1. The number of ether oxygens (including phenoxy) is 1. The first-order valence-corrected chi connectivity index (χ1v) is 8.21. The maximum Gasteiger partial charge on any atom is 0.191 e. The number of methoxy groups -OCH3 is 1. The largest absolute Gasteiger partial charge is 0.508 e. The number of rotatable bonds is 8. The van der Waals surface area contributed by atoms with Crippen LogP contribution in [0.3, 0.4) is 0 Å². The van der Waals surface area contributed by atoms with Crippen LogP contribution in [0.15, 0.2) is 47.7 Å². The zero-order valence-electron chi connectivity index (χ0n) is 14.7. The molecule has 0 fully saturated rings. The van der Waals surface area contributed by atoms with Gasteiger partial charge in [-0.2, -0.15) is 0 Å². The summed E-state index contributed by atoms with van der Waals surface area (Å²) in [7, 11) is 1.58. The van der Waals surface area contributed by atoms with Crippen molar-refractivity contribution in [2.45, 2.75) is 19.9 Å². The van der Waals surface area contributed by atoms with Gasteiger partial charge in [0.25, 0.3) is 0 Å². The first kappa shape index (κ1) is 21.1. The number of phenols is 1. The molecule has 25 heavy (non-hydrogen) atoms. The topological polar surface area (TPSA) is 70.8 Å². The Hall–Kier alpha value is -1.90. The summed E-state index contributed by atoms with van der Waals surface area (Å²) >= 11 is 0. The summed E-state index contributed by atoms with van der Waals surface area (Å²) in [5.74, 6) is 1.69. The molecule has 0 saturated carbocycles. The SMILES string of the molecule is CCNC(=NCCc1ccc(OC)cc1O)NCCn1cccc1.I. The van der Waals surface area contributed by atoms with Crippen LogP contribution in [-0.4, -0.2) is 42.4 Å². The highest BCUT2D eigenvalue weighted by Gasteiger charge is 2.03. The van der Waals surface area contributed by atoms with E-state index in [0.29, 0.717) is 18.7 Å². The summed E-state index contributed by atoms with van der Waals surface area (Å²) in [6.07, 6.45) is 4.75. The van der Waals surface area contributed by atoms with Gasteiger partial charge in [0.1, 0.15) is 11.5 Å². The van der Waals surface area contributed by atoms with Gasteiger partial charge in [0.15, 0.2) is 5.96 Å². The van der Waals surface area contributed by atoms with Gasteiger partial charge in [0, 0.05) is 44.6 Å². The summed E-state index contributed by atoms with van der Waals surface area (Å²) in [6, 6.07) is 9.37. The fourth-order valence-electron chi connectivity index (χ4n) is 2.33. The van der Waals surface area contributed by atoms with Crippen LogP contribution in [0.4, 0.5) is 0 Å². The molecule has 0 bridgehead atoms. The number of guanidine groups is 1. The number of aromatic hydroxyl groups is 1. The lowest BCUT2D eigenvalue weighted by atomic mass is 10.1. The van der Waals surface area contributed by atoms with Gasteiger partial charge in [0.05, 0.1) is 7.11 Å². The molecule has 1 aromatic carbocycles. The smallest absolute Gasteiger partial charge is 0.191 e. The third-order valence-corrected chi connectivity index (χ3v) is 3.62. The maximum absolute atomic E-state index is 9.98. The molecule has 0 aliphatic heterocycles. The lowest BCUT2D eigenvalue weighted by molar-refractivity contribution is 0.406. The minimum absolute atomic E-state index is 0. The number of hydrogen-bond donors (Lipinski definition) is 3. The lowest BCUT2D eigenvalue weighted by Crippen LogP contribution is -2.39. The standard InChI is InChI=1S/C18H26N4O2.HI/c1-3-19-18(21-10-13-22-11-4-5-12-22)20-9-8-15-6-7-16(24-2)14-17(15)23;/h4-7,11-12,14,23H,3,8-10,13H2,1-2H3,(H2,19,20,21);1H. The van der Waals surface area contributed by atoms with Crippen LogP contribution in [0.2, 0.25) is 0 Å². The van der Waals surface area contributed by atoms with Crippen molar-refractivity contribution in [3.63, 3.8) is 0 Å². The van der Waals surface area contributed by atoms with Gasteiger partial charge in [-0.25, -0.2) is 0 Å². The minimum Gasteiger partial charge on any atom is -0.508 e. The molecule has 7 heteroatoms. The van der Waals surface area contributed by atoms with Crippen LogP contribution < -0.4 is 15.4 Å². The normalized spacial score (nSPS) is 10.9. The molecule has 6 nitrogen and oxygen atoms in total. The van der Waals surface area contributed by atoms with Crippen molar-refractivity contribution in [3.05, 3.63) is 48.3 Å². The molecule has 0 atom stereocenters. The Kier molecular flexibility index (Phi) is 9.83. The molecule has 0 unspecified atom stereocenters. The monoisotopic (exact) mass is 458 g/mol. The maximum atomic E-state index is 9.98. The summed E-state index contributed by atoms with van der Waals surface area (Å²) in [5.41, 5.74) is 0.864. The first-order chi connectivity index (χ1) is 11.7. The van der Waals surface area contributed by atoms with E-state index in [9.17, 15) is 5.11 Å². The second kappa shape index (κ2) is 11.6. The van der Waals surface area contributed by atoms with Gasteiger partial charge in [-0.15, -0.1) is 24.0 Å². The van der Waals surface area contributed by atoms with E-state index in [1.807, 2.05) is 43.6 Å². The quantitative estimate of drug-likeness (QED) is 0.323. The van der Waals surface area contributed by atoms with Crippen LogP contribution in [0, 0.1) is 0 Å². The summed E-state index contributed by atoms with van der Waals surface area (Å²) in [5, 5.41) is 16.5. The Balaban J connectivity index is 0.00000312. The Morgan fingerprint density at radius 3 is 2.64 bits per heavy atom. The van der Waals surface area contributed by atoms with E-state index in [1.165, 1.54) is 0 Å². The van der Waals surface area contributed by atoms with Crippen molar-refractivity contribution in [1.29, 1.82) is 0 Å². The van der Waals surface area contributed by atoms with Gasteiger partial charge >= 0.3 is 0 Å². The molecular weight excluding hydrogens is 431 g/mol. The number of phenolic OH excluding ortho intramolecular Hbond substituents is 1. The van der Waals surface area contributed by atoms with E-state index in [2.05, 4.69) is 20.2 Å². The molecule has 0 radical (unpaired) electrons. The summed E-state index contributed by atoms with van der Waals surface area (Å²) in [4.78, 5) is 4.55. The van der Waals surface area contributed by atoms with Gasteiger partial charge in [-0.3, -0.25) is 4.99 Å². The molecule has 3 N–H and O–H groups in total. The predicted octanol–water partition coefficient (Wildman–Crippen LogP) is 2.62. The van der Waals surface area contributed by atoms with Crippen LogP contribution >= 0.6 is 24.0 Å². The van der Waals surface area contributed by atoms with E-state index in [4.69, 9.17) is 4.74 Å². The third-order valence-electron chi connectivity index (χ3n) is 3.62. The Morgan fingerprint density at radius 2 is 2.00 bits per heavy atom.